The predicted octanol–water partition coefficient (Wildman–Crippen LogP) is 4.68. The summed E-state index contributed by atoms with van der Waals surface area (Å²) in [6.07, 6.45) is 1.57. The number of aromatic nitrogens is 1. The van der Waals surface area contributed by atoms with Gasteiger partial charge in [0.05, 0.1) is 23.9 Å². The zero-order valence-corrected chi connectivity index (χ0v) is 17.6. The van der Waals surface area contributed by atoms with Gasteiger partial charge in [0, 0.05) is 16.9 Å². The van der Waals surface area contributed by atoms with Crippen LogP contribution in [0.3, 0.4) is 0 Å². The SMILES string of the molecule is COc1ccccc1/C(O)=C1\C(=O)C(=O)N(c2ccc(C)c(Cl)c2)C1c1ccccn1. The molecule has 1 aliphatic heterocycles. The lowest BCUT2D eigenvalue weighted by Crippen LogP contribution is -2.29. The number of rotatable bonds is 4. The standard InChI is InChI=1S/C24H19ClN2O4/c1-14-10-11-15(13-17(14)25)27-21(18-8-5-6-12-26-18)20(23(29)24(27)30)22(28)16-7-3-4-9-19(16)31-2/h3-13,21,28H,1-2H3/b22-20+. The van der Waals surface area contributed by atoms with Crippen LogP contribution in [0.2, 0.25) is 5.02 Å². The van der Waals surface area contributed by atoms with Gasteiger partial charge in [-0.25, -0.2) is 0 Å². The van der Waals surface area contributed by atoms with E-state index in [2.05, 4.69) is 4.98 Å². The summed E-state index contributed by atoms with van der Waals surface area (Å²) in [7, 11) is 1.47. The van der Waals surface area contributed by atoms with Gasteiger partial charge in [-0.2, -0.15) is 0 Å². The molecule has 1 saturated heterocycles. The van der Waals surface area contributed by atoms with E-state index < -0.39 is 17.7 Å². The van der Waals surface area contributed by atoms with Crippen molar-refractivity contribution in [3.63, 3.8) is 0 Å². The molecule has 1 fully saturated rings. The molecule has 156 valence electrons. The predicted molar refractivity (Wildman–Crippen MR) is 118 cm³/mol. The van der Waals surface area contributed by atoms with Crippen LogP contribution in [-0.2, 0) is 9.59 Å². The molecule has 1 amide bonds. The number of pyridine rings is 1. The van der Waals surface area contributed by atoms with E-state index in [1.165, 1.54) is 12.0 Å². The number of benzene rings is 2. The molecule has 7 heteroatoms. The molecule has 1 aromatic heterocycles. The van der Waals surface area contributed by atoms with E-state index in [-0.39, 0.29) is 11.3 Å². The summed E-state index contributed by atoms with van der Waals surface area (Å²) in [6, 6.07) is 16.1. The molecule has 1 atom stereocenters. The van der Waals surface area contributed by atoms with Gasteiger partial charge in [-0.3, -0.25) is 19.5 Å². The second-order valence-corrected chi connectivity index (χ2v) is 7.46. The van der Waals surface area contributed by atoms with Crippen molar-refractivity contribution >= 4 is 34.7 Å². The number of anilines is 1. The number of halogens is 1. The maximum absolute atomic E-state index is 13.1. The van der Waals surface area contributed by atoms with E-state index in [4.69, 9.17) is 16.3 Å². The second kappa shape index (κ2) is 8.24. The molecule has 1 unspecified atom stereocenters. The smallest absolute Gasteiger partial charge is 0.300 e. The number of amides is 1. The summed E-state index contributed by atoms with van der Waals surface area (Å²) in [5.74, 6) is -1.53. The summed E-state index contributed by atoms with van der Waals surface area (Å²) < 4.78 is 5.33. The number of para-hydroxylation sites is 1. The van der Waals surface area contributed by atoms with Crippen molar-refractivity contribution in [1.82, 2.24) is 4.98 Å². The van der Waals surface area contributed by atoms with E-state index in [0.717, 1.165) is 5.56 Å². The number of hydrogen-bond acceptors (Lipinski definition) is 5. The Morgan fingerprint density at radius 2 is 1.84 bits per heavy atom. The zero-order valence-electron chi connectivity index (χ0n) is 16.9. The number of aliphatic hydroxyl groups is 1. The van der Waals surface area contributed by atoms with Gasteiger partial charge in [0.1, 0.15) is 17.6 Å². The highest BCUT2D eigenvalue weighted by Crippen LogP contribution is 2.43. The molecule has 0 radical (unpaired) electrons. The number of methoxy groups -OCH3 is 1. The Balaban J connectivity index is 1.97. The third-order valence-corrected chi connectivity index (χ3v) is 5.62. The van der Waals surface area contributed by atoms with Crippen LogP contribution < -0.4 is 9.64 Å². The molecule has 3 aromatic rings. The molecule has 2 heterocycles. The number of ether oxygens (including phenoxy) is 1. The number of Topliss-reactive ketones (excluding diaryl/α,β-unsaturated/α-hetero) is 1. The number of carbonyl (C=O) groups is 2. The molecule has 2 aromatic carbocycles. The first-order valence-electron chi connectivity index (χ1n) is 9.55. The van der Waals surface area contributed by atoms with Crippen LogP contribution in [0.15, 0.2) is 72.4 Å². The van der Waals surface area contributed by atoms with Crippen LogP contribution in [0.1, 0.15) is 22.9 Å². The van der Waals surface area contributed by atoms with Crippen LogP contribution in [0.5, 0.6) is 5.75 Å². The Labute approximate surface area is 184 Å². The topological polar surface area (TPSA) is 79.7 Å². The minimum atomic E-state index is -0.926. The van der Waals surface area contributed by atoms with Crippen molar-refractivity contribution in [1.29, 1.82) is 0 Å². The molecule has 0 bridgehead atoms. The average Bonchev–Trinajstić information content (AvgIpc) is 3.06. The zero-order chi connectivity index (χ0) is 22.1. The molecule has 0 aliphatic carbocycles. The lowest BCUT2D eigenvalue weighted by Gasteiger charge is -2.25. The molecule has 1 N–H and O–H groups in total. The van der Waals surface area contributed by atoms with Crippen LogP contribution >= 0.6 is 11.6 Å². The Morgan fingerprint density at radius 1 is 1.10 bits per heavy atom. The average molecular weight is 435 g/mol. The van der Waals surface area contributed by atoms with Crippen LogP contribution in [0, 0.1) is 6.92 Å². The van der Waals surface area contributed by atoms with E-state index in [9.17, 15) is 14.7 Å². The van der Waals surface area contributed by atoms with Gasteiger partial charge in [0.2, 0.25) is 0 Å². The Kier molecular flexibility index (Phi) is 5.48. The lowest BCUT2D eigenvalue weighted by atomic mass is 9.97. The van der Waals surface area contributed by atoms with Crippen molar-refractivity contribution < 1.29 is 19.4 Å². The molecule has 0 saturated carbocycles. The fourth-order valence-electron chi connectivity index (χ4n) is 3.63. The quantitative estimate of drug-likeness (QED) is 0.366. The molecular formula is C24H19ClN2O4. The summed E-state index contributed by atoms with van der Waals surface area (Å²) >= 11 is 6.29. The normalized spacial score (nSPS) is 17.8. The van der Waals surface area contributed by atoms with Gasteiger partial charge in [-0.15, -0.1) is 0 Å². The van der Waals surface area contributed by atoms with Crippen molar-refractivity contribution in [2.45, 2.75) is 13.0 Å². The van der Waals surface area contributed by atoms with Crippen molar-refractivity contribution in [3.8, 4) is 5.75 Å². The molecule has 6 nitrogen and oxygen atoms in total. The Hall–Kier alpha value is -3.64. The first-order chi connectivity index (χ1) is 14.9. The maximum atomic E-state index is 13.1. The summed E-state index contributed by atoms with van der Waals surface area (Å²) in [4.78, 5) is 31.9. The number of aliphatic hydroxyl groups excluding tert-OH is 1. The second-order valence-electron chi connectivity index (χ2n) is 7.06. The molecule has 4 rings (SSSR count). The number of aryl methyl sites for hydroxylation is 1. The minimum Gasteiger partial charge on any atom is -0.507 e. The van der Waals surface area contributed by atoms with Crippen molar-refractivity contribution in [2.75, 3.05) is 12.0 Å². The molecule has 0 spiro atoms. The third-order valence-electron chi connectivity index (χ3n) is 5.21. The molecular weight excluding hydrogens is 416 g/mol. The first kappa shape index (κ1) is 20.6. The van der Waals surface area contributed by atoms with Gasteiger partial charge in [0.15, 0.2) is 0 Å². The summed E-state index contributed by atoms with van der Waals surface area (Å²) in [5.41, 5.74) is 1.96. The highest BCUT2D eigenvalue weighted by molar-refractivity contribution is 6.51. The van der Waals surface area contributed by atoms with E-state index >= 15 is 0 Å². The Bertz CT molecular complexity index is 1210. The van der Waals surface area contributed by atoms with Crippen LogP contribution in [0.25, 0.3) is 5.76 Å². The van der Waals surface area contributed by atoms with Gasteiger partial charge in [-0.1, -0.05) is 35.9 Å². The van der Waals surface area contributed by atoms with Gasteiger partial charge >= 0.3 is 0 Å². The van der Waals surface area contributed by atoms with Gasteiger partial charge in [-0.05, 0) is 48.9 Å². The van der Waals surface area contributed by atoms with Gasteiger partial charge < -0.3 is 9.84 Å². The molecule has 1 aliphatic rings. The molecule has 31 heavy (non-hydrogen) atoms. The Morgan fingerprint density at radius 3 is 2.52 bits per heavy atom. The summed E-state index contributed by atoms with van der Waals surface area (Å²) in [6.45, 7) is 1.85. The van der Waals surface area contributed by atoms with E-state index in [0.29, 0.717) is 27.7 Å². The van der Waals surface area contributed by atoms with Crippen molar-refractivity contribution in [3.05, 3.63) is 94.3 Å². The number of nitrogens with zero attached hydrogens (tertiary/aromatic N) is 2. The third kappa shape index (κ3) is 3.55. The number of hydrogen-bond donors (Lipinski definition) is 1. The van der Waals surface area contributed by atoms with Crippen molar-refractivity contribution in [2.24, 2.45) is 0 Å². The number of carbonyl (C=O) groups excluding carboxylic acids is 2. The monoisotopic (exact) mass is 434 g/mol. The first-order valence-corrected chi connectivity index (χ1v) is 9.93. The largest absolute Gasteiger partial charge is 0.507 e. The lowest BCUT2D eigenvalue weighted by molar-refractivity contribution is -0.132. The highest BCUT2D eigenvalue weighted by atomic mass is 35.5. The fourth-order valence-corrected chi connectivity index (χ4v) is 3.81. The van der Waals surface area contributed by atoms with Gasteiger partial charge in [0.25, 0.3) is 11.7 Å². The van der Waals surface area contributed by atoms with Crippen LogP contribution in [-0.4, -0.2) is 28.9 Å². The fraction of sp³-hybridized carbons (Fsp3) is 0.125. The van der Waals surface area contributed by atoms with E-state index in [1.807, 2.05) is 6.92 Å². The van der Waals surface area contributed by atoms with E-state index in [1.54, 1.807) is 66.9 Å². The minimum absolute atomic E-state index is 0.0649. The van der Waals surface area contributed by atoms with Crippen LogP contribution in [0.4, 0.5) is 5.69 Å². The highest BCUT2D eigenvalue weighted by Gasteiger charge is 2.47. The summed E-state index contributed by atoms with van der Waals surface area (Å²) in [5, 5.41) is 11.6. The maximum Gasteiger partial charge on any atom is 0.300 e. The number of ketones is 1.